The third kappa shape index (κ3) is 5.35. The van der Waals surface area contributed by atoms with Crippen LogP contribution < -0.4 is 23.8 Å². The summed E-state index contributed by atoms with van der Waals surface area (Å²) in [5.74, 6) is 1.08. The van der Waals surface area contributed by atoms with Crippen LogP contribution in [0.4, 0.5) is 5.69 Å². The van der Waals surface area contributed by atoms with Crippen LogP contribution in [0, 0.1) is 13.8 Å². The van der Waals surface area contributed by atoms with Gasteiger partial charge in [-0.25, -0.2) is 8.42 Å². The molecule has 0 spiro atoms. The number of rotatable bonds is 8. The molecule has 1 aliphatic rings. The van der Waals surface area contributed by atoms with Crippen molar-refractivity contribution in [3.63, 3.8) is 0 Å². The van der Waals surface area contributed by atoms with E-state index < -0.39 is 22.0 Å². The highest BCUT2D eigenvalue weighted by Crippen LogP contribution is 2.37. The van der Waals surface area contributed by atoms with Crippen molar-refractivity contribution in [2.24, 2.45) is 0 Å². The van der Waals surface area contributed by atoms with Crippen molar-refractivity contribution in [1.82, 2.24) is 5.32 Å². The number of ether oxygens (including phenoxy) is 3. The summed E-state index contributed by atoms with van der Waals surface area (Å²) in [5.41, 5.74) is 2.25. The van der Waals surface area contributed by atoms with Gasteiger partial charge in [-0.05, 0) is 55.8 Å². The van der Waals surface area contributed by atoms with Gasteiger partial charge in [0, 0.05) is 0 Å². The molecule has 1 aliphatic heterocycles. The smallest absolute Gasteiger partial charge is 0.264 e. The number of hydrogen-bond donors (Lipinski definition) is 1. The number of nitrogens with zero attached hydrogens (tertiary/aromatic N) is 1. The van der Waals surface area contributed by atoms with E-state index in [1.807, 2.05) is 32.0 Å². The van der Waals surface area contributed by atoms with E-state index in [1.165, 1.54) is 4.31 Å². The van der Waals surface area contributed by atoms with E-state index >= 15 is 0 Å². The zero-order valence-corrected chi connectivity index (χ0v) is 20.7. The Kier molecular flexibility index (Phi) is 7.16. The molecule has 1 N–H and O–H groups in total. The molecule has 0 aliphatic carbocycles. The standard InChI is InChI=1S/C26H28N2O6S/c1-18-8-11-20(12-9-18)35(30,31)28-17-25(34-24-16-19(2)10-13-21(24)28)26(29)27-14-15-33-23-7-5-4-6-22(23)32-3/h4-13,16,25H,14-15,17H2,1-3H3,(H,27,29)/t25-/m0/s1. The molecular weight excluding hydrogens is 468 g/mol. The van der Waals surface area contributed by atoms with Crippen LogP contribution in [0.15, 0.2) is 71.6 Å². The van der Waals surface area contributed by atoms with Gasteiger partial charge < -0.3 is 19.5 Å². The summed E-state index contributed by atoms with van der Waals surface area (Å²) >= 11 is 0. The molecule has 8 nitrogen and oxygen atoms in total. The van der Waals surface area contributed by atoms with Gasteiger partial charge in [0.25, 0.3) is 15.9 Å². The molecule has 0 fully saturated rings. The number of sulfonamides is 1. The number of para-hydroxylation sites is 2. The van der Waals surface area contributed by atoms with Crippen LogP contribution in [0.1, 0.15) is 11.1 Å². The Morgan fingerprint density at radius 3 is 2.43 bits per heavy atom. The fourth-order valence-electron chi connectivity index (χ4n) is 3.75. The number of benzene rings is 3. The Balaban J connectivity index is 1.49. The molecular formula is C26H28N2O6S. The highest BCUT2D eigenvalue weighted by atomic mass is 32.2. The van der Waals surface area contributed by atoms with Crippen molar-refractivity contribution in [1.29, 1.82) is 0 Å². The number of anilines is 1. The topological polar surface area (TPSA) is 94.2 Å². The SMILES string of the molecule is COc1ccccc1OCCNC(=O)[C@@H]1CN(S(=O)(=O)c2ccc(C)cc2)c2ccc(C)cc2O1. The maximum Gasteiger partial charge on any atom is 0.264 e. The lowest BCUT2D eigenvalue weighted by atomic mass is 10.1. The van der Waals surface area contributed by atoms with Crippen LogP contribution in [0.2, 0.25) is 0 Å². The van der Waals surface area contributed by atoms with E-state index in [2.05, 4.69) is 5.32 Å². The molecule has 0 saturated carbocycles. The first-order valence-corrected chi connectivity index (χ1v) is 12.6. The molecule has 1 heterocycles. The van der Waals surface area contributed by atoms with E-state index in [9.17, 15) is 13.2 Å². The number of hydrogen-bond acceptors (Lipinski definition) is 6. The van der Waals surface area contributed by atoms with Crippen molar-refractivity contribution in [2.45, 2.75) is 24.8 Å². The third-order valence-electron chi connectivity index (χ3n) is 5.61. The number of fused-ring (bicyclic) bond motifs is 1. The first kappa shape index (κ1) is 24.4. The zero-order chi connectivity index (χ0) is 25.0. The predicted octanol–water partition coefficient (Wildman–Crippen LogP) is 3.46. The first-order valence-electron chi connectivity index (χ1n) is 11.2. The number of carbonyl (C=O) groups excluding carboxylic acids is 1. The highest BCUT2D eigenvalue weighted by Gasteiger charge is 2.37. The van der Waals surface area contributed by atoms with Crippen LogP contribution in [0.3, 0.4) is 0 Å². The second kappa shape index (κ2) is 10.3. The Bertz CT molecular complexity index is 1310. The van der Waals surface area contributed by atoms with Crippen molar-refractivity contribution in [3.8, 4) is 17.2 Å². The average molecular weight is 497 g/mol. The molecule has 35 heavy (non-hydrogen) atoms. The van der Waals surface area contributed by atoms with Crippen molar-refractivity contribution < 1.29 is 27.4 Å². The first-order chi connectivity index (χ1) is 16.8. The van der Waals surface area contributed by atoms with Gasteiger partial charge in [-0.15, -0.1) is 0 Å². The molecule has 0 aromatic heterocycles. The Hall–Kier alpha value is -3.72. The molecule has 0 bridgehead atoms. The summed E-state index contributed by atoms with van der Waals surface area (Å²) in [4.78, 5) is 13.1. The van der Waals surface area contributed by atoms with Crippen LogP contribution in [-0.2, 0) is 14.8 Å². The third-order valence-corrected chi connectivity index (χ3v) is 7.41. The second-order valence-corrected chi connectivity index (χ2v) is 10.1. The van der Waals surface area contributed by atoms with Crippen LogP contribution in [0.25, 0.3) is 0 Å². The molecule has 3 aromatic carbocycles. The van der Waals surface area contributed by atoms with E-state index in [1.54, 1.807) is 55.6 Å². The maximum atomic E-state index is 13.5. The molecule has 0 unspecified atom stereocenters. The highest BCUT2D eigenvalue weighted by molar-refractivity contribution is 7.92. The second-order valence-electron chi connectivity index (χ2n) is 8.22. The molecule has 184 valence electrons. The van der Waals surface area contributed by atoms with E-state index in [0.29, 0.717) is 22.9 Å². The van der Waals surface area contributed by atoms with Gasteiger partial charge in [0.05, 0.1) is 30.8 Å². The molecule has 0 radical (unpaired) electrons. The van der Waals surface area contributed by atoms with Gasteiger partial charge in [-0.1, -0.05) is 35.9 Å². The lowest BCUT2D eigenvalue weighted by Gasteiger charge is -2.35. The predicted molar refractivity (Wildman–Crippen MR) is 133 cm³/mol. The molecule has 1 atom stereocenters. The fraction of sp³-hybridized carbons (Fsp3) is 0.269. The Labute approximate surface area is 205 Å². The summed E-state index contributed by atoms with van der Waals surface area (Å²) in [7, 11) is -2.35. The summed E-state index contributed by atoms with van der Waals surface area (Å²) in [6.07, 6.45) is -1.02. The number of carbonyl (C=O) groups is 1. The lowest BCUT2D eigenvalue weighted by Crippen LogP contribution is -2.51. The van der Waals surface area contributed by atoms with Gasteiger partial charge >= 0.3 is 0 Å². The molecule has 3 aromatic rings. The van der Waals surface area contributed by atoms with Gasteiger partial charge in [-0.3, -0.25) is 9.10 Å². The largest absolute Gasteiger partial charge is 0.493 e. The normalized spacial score (nSPS) is 15.1. The molecule has 4 rings (SSSR count). The van der Waals surface area contributed by atoms with E-state index in [0.717, 1.165) is 11.1 Å². The van der Waals surface area contributed by atoms with E-state index in [4.69, 9.17) is 14.2 Å². The summed E-state index contributed by atoms with van der Waals surface area (Å²) in [6.45, 7) is 4.04. The van der Waals surface area contributed by atoms with Crippen molar-refractivity contribution in [2.75, 3.05) is 31.1 Å². The number of methoxy groups -OCH3 is 1. The van der Waals surface area contributed by atoms with E-state index in [-0.39, 0.29) is 24.6 Å². The molecule has 1 amide bonds. The average Bonchev–Trinajstić information content (AvgIpc) is 2.86. The Morgan fingerprint density at radius 1 is 1.03 bits per heavy atom. The summed E-state index contributed by atoms with van der Waals surface area (Å²) in [6, 6.07) is 19.1. The number of aryl methyl sites for hydroxylation is 2. The zero-order valence-electron chi connectivity index (χ0n) is 19.9. The number of nitrogens with one attached hydrogen (secondary N) is 1. The van der Waals surface area contributed by atoms with Crippen LogP contribution in [0.5, 0.6) is 17.2 Å². The Morgan fingerprint density at radius 2 is 1.71 bits per heavy atom. The minimum absolute atomic E-state index is 0.147. The van der Waals surface area contributed by atoms with Crippen molar-refractivity contribution >= 4 is 21.6 Å². The molecule has 9 heteroatoms. The number of amides is 1. The minimum Gasteiger partial charge on any atom is -0.493 e. The fourth-order valence-corrected chi connectivity index (χ4v) is 5.23. The van der Waals surface area contributed by atoms with Crippen LogP contribution >= 0.6 is 0 Å². The minimum atomic E-state index is -3.91. The van der Waals surface area contributed by atoms with Gasteiger partial charge in [0.15, 0.2) is 17.6 Å². The van der Waals surface area contributed by atoms with Crippen LogP contribution in [-0.4, -0.2) is 47.2 Å². The quantitative estimate of drug-likeness (QED) is 0.480. The summed E-state index contributed by atoms with van der Waals surface area (Å²) < 4.78 is 45.1. The van der Waals surface area contributed by atoms with Gasteiger partial charge in [0.2, 0.25) is 0 Å². The van der Waals surface area contributed by atoms with Crippen molar-refractivity contribution in [3.05, 3.63) is 77.9 Å². The van der Waals surface area contributed by atoms with Gasteiger partial charge in [0.1, 0.15) is 12.4 Å². The maximum absolute atomic E-state index is 13.5. The molecule has 0 saturated heterocycles. The monoisotopic (exact) mass is 496 g/mol. The summed E-state index contributed by atoms with van der Waals surface area (Å²) in [5, 5.41) is 2.77. The van der Waals surface area contributed by atoms with Gasteiger partial charge in [-0.2, -0.15) is 0 Å². The lowest BCUT2D eigenvalue weighted by molar-refractivity contribution is -0.127.